The third kappa shape index (κ3) is 8.30. The van der Waals surface area contributed by atoms with Crippen LogP contribution in [0.1, 0.15) is 34.6 Å². The molecule has 44 heavy (non-hydrogen) atoms. The Morgan fingerprint density at radius 3 is 1.89 bits per heavy atom. The number of carbonyl (C=O) groups is 3. The zero-order valence-electron chi connectivity index (χ0n) is 25.7. The molecule has 1 aliphatic heterocycles. The molecule has 13 heteroatoms. The maximum atomic E-state index is 12.9. The highest BCUT2D eigenvalue weighted by molar-refractivity contribution is 5.83. The molecule has 0 spiro atoms. The quantitative estimate of drug-likeness (QED) is 0.253. The van der Waals surface area contributed by atoms with Crippen molar-refractivity contribution in [1.82, 2.24) is 9.80 Å². The number of amides is 1. The standard InChI is InChI=1S/C27H36N2O5.C4H6O6/c1-28(17-21-11-20-14-25(33-4)26(34-5)16-22(20)21)8-6-9-29-10-7-18-12-23(31-2)24(32-3)13-19(18)15-27(29)30;5-1(3(7)8)2(6)4(9)10/h12-14,16,21H,6-11,15,17H2,1-5H3;1-2,5-6H,(H,7,8)(H,9,10)/t21-;1-,2-/m11/s1. The molecule has 4 N–H and O–H groups in total. The summed E-state index contributed by atoms with van der Waals surface area (Å²) in [5.74, 6) is 0.153. The van der Waals surface area contributed by atoms with Crippen molar-refractivity contribution in [3.05, 3.63) is 46.5 Å². The fourth-order valence-electron chi connectivity index (χ4n) is 5.42. The third-order valence-electron chi connectivity index (χ3n) is 7.91. The van der Waals surface area contributed by atoms with Crippen LogP contribution in [-0.4, -0.2) is 122 Å². The molecule has 0 saturated heterocycles. The van der Waals surface area contributed by atoms with Gasteiger partial charge in [-0.3, -0.25) is 4.79 Å². The molecule has 2 aliphatic rings. The molecular formula is C31H42N2O11. The first-order chi connectivity index (χ1) is 20.9. The second kappa shape index (κ2) is 15.6. The number of carboxylic acids is 2. The summed E-state index contributed by atoms with van der Waals surface area (Å²) in [6.07, 6.45) is -1.26. The molecule has 0 radical (unpaired) electrons. The lowest BCUT2D eigenvalue weighted by Crippen LogP contribution is -2.39. The summed E-state index contributed by atoms with van der Waals surface area (Å²) in [7, 11) is 8.79. The number of nitrogens with zero attached hydrogens (tertiary/aromatic N) is 2. The van der Waals surface area contributed by atoms with Gasteiger partial charge in [0.2, 0.25) is 5.91 Å². The molecule has 0 saturated carbocycles. The maximum absolute atomic E-state index is 12.9. The number of likely N-dealkylation sites (N-methyl/N-ethyl adjacent to an activating group) is 1. The average Bonchev–Trinajstić information content (AvgIpc) is 3.15. The van der Waals surface area contributed by atoms with E-state index in [0.29, 0.717) is 18.1 Å². The molecule has 3 atom stereocenters. The first kappa shape index (κ1) is 34.4. The molecule has 1 heterocycles. The van der Waals surface area contributed by atoms with Gasteiger partial charge in [0, 0.05) is 25.6 Å². The Hall–Kier alpha value is -4.07. The van der Waals surface area contributed by atoms with Gasteiger partial charge in [0.05, 0.1) is 34.9 Å². The van der Waals surface area contributed by atoms with E-state index >= 15 is 0 Å². The first-order valence-electron chi connectivity index (χ1n) is 14.2. The average molecular weight is 619 g/mol. The van der Waals surface area contributed by atoms with E-state index in [1.54, 1.807) is 28.4 Å². The van der Waals surface area contributed by atoms with Crippen LogP contribution in [0.15, 0.2) is 24.3 Å². The Morgan fingerprint density at radius 2 is 1.36 bits per heavy atom. The lowest BCUT2D eigenvalue weighted by atomic mass is 9.77. The summed E-state index contributed by atoms with van der Waals surface area (Å²) < 4.78 is 21.7. The number of aliphatic hydroxyl groups excluding tert-OH is 2. The van der Waals surface area contributed by atoms with Gasteiger partial charge in [-0.15, -0.1) is 0 Å². The van der Waals surface area contributed by atoms with Crippen molar-refractivity contribution in [3.63, 3.8) is 0 Å². The van der Waals surface area contributed by atoms with Crippen molar-refractivity contribution in [3.8, 4) is 23.0 Å². The van der Waals surface area contributed by atoms with Gasteiger partial charge >= 0.3 is 11.9 Å². The number of hydrogen-bond donors (Lipinski definition) is 4. The van der Waals surface area contributed by atoms with Crippen LogP contribution in [0, 0.1) is 0 Å². The summed E-state index contributed by atoms with van der Waals surface area (Å²) in [6.45, 7) is 3.47. The van der Waals surface area contributed by atoms with E-state index in [0.717, 1.165) is 68.3 Å². The van der Waals surface area contributed by atoms with Crippen molar-refractivity contribution in [2.45, 2.75) is 43.8 Å². The van der Waals surface area contributed by atoms with Crippen LogP contribution >= 0.6 is 0 Å². The van der Waals surface area contributed by atoms with Crippen LogP contribution in [0.4, 0.5) is 0 Å². The van der Waals surface area contributed by atoms with E-state index in [4.69, 9.17) is 39.4 Å². The molecule has 0 aromatic heterocycles. The van der Waals surface area contributed by atoms with Crippen molar-refractivity contribution in [2.24, 2.45) is 0 Å². The van der Waals surface area contributed by atoms with Gasteiger partial charge in [-0.1, -0.05) is 0 Å². The second-order valence-electron chi connectivity index (χ2n) is 10.8. The van der Waals surface area contributed by atoms with E-state index in [9.17, 15) is 14.4 Å². The highest BCUT2D eigenvalue weighted by Gasteiger charge is 2.30. The maximum Gasteiger partial charge on any atom is 0.335 e. The van der Waals surface area contributed by atoms with Crippen molar-refractivity contribution < 1.29 is 53.8 Å². The van der Waals surface area contributed by atoms with E-state index < -0.39 is 24.1 Å². The molecule has 1 amide bonds. The van der Waals surface area contributed by atoms with Gasteiger partial charge in [0.25, 0.3) is 0 Å². The summed E-state index contributed by atoms with van der Waals surface area (Å²) in [5.41, 5.74) is 4.91. The number of fused-ring (bicyclic) bond motifs is 2. The smallest absolute Gasteiger partial charge is 0.335 e. The summed E-state index contributed by atoms with van der Waals surface area (Å²) in [6, 6.07) is 8.18. The largest absolute Gasteiger partial charge is 0.493 e. The molecule has 242 valence electrons. The number of rotatable bonds is 13. The third-order valence-corrected chi connectivity index (χ3v) is 7.91. The lowest BCUT2D eigenvalue weighted by molar-refractivity contribution is -0.165. The molecule has 0 fully saturated rings. The molecule has 2 aromatic rings. The van der Waals surface area contributed by atoms with Gasteiger partial charge in [0.1, 0.15) is 0 Å². The predicted octanol–water partition coefficient (Wildman–Crippen LogP) is 1.19. The van der Waals surface area contributed by atoms with E-state index in [2.05, 4.69) is 24.1 Å². The normalized spacial score (nSPS) is 16.7. The number of carboxylic acid groups (broad SMARTS) is 2. The minimum atomic E-state index is -2.27. The Morgan fingerprint density at radius 1 is 0.864 bits per heavy atom. The summed E-state index contributed by atoms with van der Waals surface area (Å²) in [5, 5.41) is 32.5. The molecule has 0 bridgehead atoms. The van der Waals surface area contributed by atoms with Gasteiger partial charge in [-0.2, -0.15) is 0 Å². The highest BCUT2D eigenvalue weighted by Crippen LogP contribution is 2.42. The molecule has 1 aliphatic carbocycles. The fourth-order valence-corrected chi connectivity index (χ4v) is 5.42. The number of aliphatic carboxylic acids is 2. The minimum Gasteiger partial charge on any atom is -0.493 e. The molecule has 2 aromatic carbocycles. The van der Waals surface area contributed by atoms with E-state index in [1.807, 2.05) is 17.0 Å². The number of carbonyl (C=O) groups excluding carboxylic acids is 1. The van der Waals surface area contributed by atoms with Crippen LogP contribution in [0.5, 0.6) is 23.0 Å². The molecule has 13 nitrogen and oxygen atoms in total. The number of methoxy groups -OCH3 is 4. The van der Waals surface area contributed by atoms with Crippen molar-refractivity contribution in [1.29, 1.82) is 0 Å². The van der Waals surface area contributed by atoms with Crippen LogP contribution in [0.3, 0.4) is 0 Å². The number of ether oxygens (including phenoxy) is 4. The van der Waals surface area contributed by atoms with Crippen LogP contribution in [-0.2, 0) is 33.6 Å². The fraction of sp³-hybridized carbons (Fsp3) is 0.516. The van der Waals surface area contributed by atoms with E-state index in [1.165, 1.54) is 16.7 Å². The minimum absolute atomic E-state index is 0.183. The molecular weight excluding hydrogens is 576 g/mol. The van der Waals surface area contributed by atoms with Crippen LogP contribution < -0.4 is 18.9 Å². The summed E-state index contributed by atoms with van der Waals surface area (Å²) in [4.78, 5) is 36.8. The van der Waals surface area contributed by atoms with Crippen LogP contribution in [0.25, 0.3) is 0 Å². The Labute approximate surface area is 256 Å². The highest BCUT2D eigenvalue weighted by atomic mass is 16.5. The zero-order valence-corrected chi connectivity index (χ0v) is 25.7. The monoisotopic (exact) mass is 618 g/mol. The lowest BCUT2D eigenvalue weighted by Gasteiger charge is -2.34. The van der Waals surface area contributed by atoms with Gasteiger partial charge in [0.15, 0.2) is 35.2 Å². The summed E-state index contributed by atoms with van der Waals surface area (Å²) >= 11 is 0. The van der Waals surface area contributed by atoms with E-state index in [-0.39, 0.29) is 5.91 Å². The topological polar surface area (TPSA) is 176 Å². The first-order valence-corrected chi connectivity index (χ1v) is 14.2. The molecule has 0 unspecified atom stereocenters. The Kier molecular flexibility index (Phi) is 12.2. The SMILES string of the molecule is COc1cc2c(cc1OC)CC(=O)N(CCCN(C)C[C@H]1Cc3cc(OC)c(OC)cc31)CC2.O=C(O)[C@H](O)[C@@H](O)C(=O)O. The molecule has 4 rings (SSSR count). The van der Waals surface area contributed by atoms with Crippen molar-refractivity contribution >= 4 is 17.8 Å². The zero-order chi connectivity index (χ0) is 32.6. The number of aliphatic hydroxyl groups is 2. The van der Waals surface area contributed by atoms with Gasteiger partial charge in [-0.05, 0) is 79.4 Å². The van der Waals surface area contributed by atoms with Gasteiger partial charge < -0.3 is 49.2 Å². The number of hydrogen-bond acceptors (Lipinski definition) is 10. The van der Waals surface area contributed by atoms with Gasteiger partial charge in [-0.25, -0.2) is 9.59 Å². The number of benzene rings is 2. The predicted molar refractivity (Wildman–Crippen MR) is 159 cm³/mol. The van der Waals surface area contributed by atoms with Crippen molar-refractivity contribution in [2.75, 3.05) is 61.7 Å². The second-order valence-corrected chi connectivity index (χ2v) is 10.8. The Bertz CT molecular complexity index is 1310. The van der Waals surface area contributed by atoms with Crippen LogP contribution in [0.2, 0.25) is 0 Å². The Balaban J connectivity index is 0.000000456.